The van der Waals surface area contributed by atoms with Gasteiger partial charge in [0.05, 0.1) is 17.9 Å². The largest absolute Gasteiger partial charge is 0.462 e. The van der Waals surface area contributed by atoms with Crippen LogP contribution in [0.15, 0.2) is 71.8 Å². The Morgan fingerprint density at radius 2 is 1.77 bits per heavy atom. The second-order valence-corrected chi connectivity index (χ2v) is 7.64. The Morgan fingerprint density at radius 3 is 2.49 bits per heavy atom. The lowest BCUT2D eigenvalue weighted by molar-refractivity contribution is -0.117. The zero-order valence-corrected chi connectivity index (χ0v) is 18.5. The van der Waals surface area contributed by atoms with Gasteiger partial charge < -0.3 is 10.1 Å². The van der Waals surface area contributed by atoms with Crippen molar-refractivity contribution in [2.45, 2.75) is 13.5 Å². The molecule has 0 saturated carbocycles. The number of carbonyl (C=O) groups excluding carboxylic acids is 2. The third-order valence-corrected chi connectivity index (χ3v) is 5.31. The first-order valence-electron chi connectivity index (χ1n) is 10.7. The van der Waals surface area contributed by atoms with Gasteiger partial charge in [0.15, 0.2) is 5.65 Å². The average molecular weight is 474 g/mol. The Morgan fingerprint density at radius 1 is 1.03 bits per heavy atom. The predicted octanol–water partition coefficient (Wildman–Crippen LogP) is 2.77. The fraction of sp³-hybridized carbons (Fsp3) is 0.125. The first-order chi connectivity index (χ1) is 16.9. The van der Waals surface area contributed by atoms with Crippen molar-refractivity contribution in [1.29, 1.82) is 0 Å². The fourth-order valence-corrected chi connectivity index (χ4v) is 3.64. The molecule has 0 saturated heterocycles. The number of benzene rings is 2. The summed E-state index contributed by atoms with van der Waals surface area (Å²) in [5.74, 6) is -1.26. The number of nitrogens with zero attached hydrogens (tertiary/aromatic N) is 5. The van der Waals surface area contributed by atoms with Crippen LogP contribution in [0.5, 0.6) is 0 Å². The second kappa shape index (κ2) is 8.86. The van der Waals surface area contributed by atoms with Crippen LogP contribution in [-0.2, 0) is 16.1 Å². The van der Waals surface area contributed by atoms with Crippen molar-refractivity contribution in [2.75, 3.05) is 11.9 Å². The zero-order valence-electron chi connectivity index (χ0n) is 18.5. The van der Waals surface area contributed by atoms with Gasteiger partial charge in [-0.3, -0.25) is 4.79 Å². The Balaban J connectivity index is 1.38. The summed E-state index contributed by atoms with van der Waals surface area (Å²) in [6.45, 7) is 1.67. The summed E-state index contributed by atoms with van der Waals surface area (Å²) in [4.78, 5) is 37.1. The van der Waals surface area contributed by atoms with Crippen molar-refractivity contribution in [3.05, 3.63) is 88.9 Å². The number of nitrogens with one attached hydrogen (secondary N) is 1. The Bertz CT molecular complexity index is 1620. The summed E-state index contributed by atoms with van der Waals surface area (Å²) in [6, 6.07) is 13.9. The number of hydrogen-bond acceptors (Lipinski definition) is 6. The van der Waals surface area contributed by atoms with E-state index in [1.165, 1.54) is 22.7 Å². The number of anilines is 1. The van der Waals surface area contributed by atoms with E-state index in [9.17, 15) is 18.8 Å². The van der Waals surface area contributed by atoms with E-state index >= 15 is 0 Å². The molecule has 10 nitrogen and oxygen atoms in total. The van der Waals surface area contributed by atoms with E-state index in [0.29, 0.717) is 33.7 Å². The zero-order chi connectivity index (χ0) is 24.5. The highest BCUT2D eigenvalue weighted by atomic mass is 19.1. The Labute approximate surface area is 197 Å². The van der Waals surface area contributed by atoms with Crippen molar-refractivity contribution in [1.82, 2.24) is 23.8 Å². The van der Waals surface area contributed by atoms with Crippen LogP contribution in [-0.4, -0.2) is 42.3 Å². The fourth-order valence-electron chi connectivity index (χ4n) is 3.64. The van der Waals surface area contributed by atoms with E-state index in [4.69, 9.17) is 4.74 Å². The SMILES string of the molecule is CCOC(=O)c1ccc(NC(=O)Cn2nc3c4cc(-c5ccc(F)cc5)nn4ccn3c2=O)cc1. The maximum absolute atomic E-state index is 13.3. The number of fused-ring (bicyclic) bond motifs is 3. The number of rotatable bonds is 6. The molecule has 0 fully saturated rings. The smallest absolute Gasteiger partial charge is 0.350 e. The third-order valence-electron chi connectivity index (χ3n) is 5.31. The molecule has 1 N–H and O–H groups in total. The van der Waals surface area contributed by atoms with Crippen molar-refractivity contribution in [3.8, 4) is 11.3 Å². The maximum atomic E-state index is 13.3. The number of carbonyl (C=O) groups is 2. The summed E-state index contributed by atoms with van der Waals surface area (Å²) in [6.07, 6.45) is 3.12. The van der Waals surface area contributed by atoms with Crippen molar-refractivity contribution < 1.29 is 18.7 Å². The minimum absolute atomic E-state index is 0.268. The van der Waals surface area contributed by atoms with Crippen LogP contribution < -0.4 is 11.0 Å². The number of hydrogen-bond donors (Lipinski definition) is 1. The molecule has 11 heteroatoms. The van der Waals surface area contributed by atoms with Gasteiger partial charge in [0.25, 0.3) is 0 Å². The first-order valence-corrected chi connectivity index (χ1v) is 10.7. The number of ether oxygens (including phenoxy) is 1. The molecule has 0 unspecified atom stereocenters. The van der Waals surface area contributed by atoms with Crippen LogP contribution in [0.25, 0.3) is 22.4 Å². The average Bonchev–Trinajstić information content (AvgIpc) is 3.41. The van der Waals surface area contributed by atoms with Crippen LogP contribution in [0.3, 0.4) is 0 Å². The van der Waals surface area contributed by atoms with E-state index < -0.39 is 17.6 Å². The molecule has 0 aliphatic carbocycles. The van der Waals surface area contributed by atoms with Crippen molar-refractivity contribution >= 4 is 28.7 Å². The highest BCUT2D eigenvalue weighted by Crippen LogP contribution is 2.21. The van der Waals surface area contributed by atoms with Gasteiger partial charge in [-0.15, -0.1) is 5.10 Å². The van der Waals surface area contributed by atoms with E-state index in [1.807, 2.05) is 0 Å². The molecule has 3 aromatic heterocycles. The predicted molar refractivity (Wildman–Crippen MR) is 125 cm³/mol. The van der Waals surface area contributed by atoms with Crippen LogP contribution in [0.2, 0.25) is 0 Å². The lowest BCUT2D eigenvalue weighted by atomic mass is 10.1. The lowest BCUT2D eigenvalue weighted by Crippen LogP contribution is -2.28. The lowest BCUT2D eigenvalue weighted by Gasteiger charge is -2.06. The van der Waals surface area contributed by atoms with Crippen LogP contribution >= 0.6 is 0 Å². The van der Waals surface area contributed by atoms with Gasteiger partial charge in [0.1, 0.15) is 17.9 Å². The first kappa shape index (κ1) is 22.0. The molecule has 0 radical (unpaired) electrons. The van der Waals surface area contributed by atoms with Gasteiger partial charge >= 0.3 is 11.7 Å². The van der Waals surface area contributed by atoms with E-state index in [-0.39, 0.29) is 19.0 Å². The number of halogens is 1. The molecule has 0 atom stereocenters. The topological polar surface area (TPSA) is 112 Å². The molecule has 0 spiro atoms. The molecule has 176 valence electrons. The van der Waals surface area contributed by atoms with Crippen molar-refractivity contribution in [3.63, 3.8) is 0 Å². The Hall–Kier alpha value is -4.80. The molecule has 3 heterocycles. The van der Waals surface area contributed by atoms with Gasteiger partial charge in [-0.2, -0.15) is 5.10 Å². The molecule has 5 rings (SSSR count). The summed E-state index contributed by atoms with van der Waals surface area (Å²) < 4.78 is 22.1. The number of aromatic nitrogens is 5. The van der Waals surface area contributed by atoms with Crippen molar-refractivity contribution in [2.24, 2.45) is 0 Å². The normalized spacial score (nSPS) is 11.1. The highest BCUT2D eigenvalue weighted by molar-refractivity contribution is 5.93. The molecule has 0 aliphatic heterocycles. The summed E-state index contributed by atoms with van der Waals surface area (Å²) in [7, 11) is 0. The molecule has 35 heavy (non-hydrogen) atoms. The van der Waals surface area contributed by atoms with Gasteiger partial charge in [-0.1, -0.05) is 0 Å². The van der Waals surface area contributed by atoms with Gasteiger partial charge in [0.2, 0.25) is 5.91 Å². The molecule has 0 bridgehead atoms. The molecular weight excluding hydrogens is 455 g/mol. The van der Waals surface area contributed by atoms with E-state index in [1.54, 1.807) is 60.1 Å². The minimum Gasteiger partial charge on any atom is -0.462 e. The van der Waals surface area contributed by atoms with Gasteiger partial charge in [0, 0.05) is 23.6 Å². The summed E-state index contributed by atoms with van der Waals surface area (Å²) in [5, 5.41) is 11.5. The molecular formula is C24H19FN6O4. The van der Waals surface area contributed by atoms with Crippen LogP contribution in [0.4, 0.5) is 10.1 Å². The Kier molecular flexibility index (Phi) is 5.57. The highest BCUT2D eigenvalue weighted by Gasteiger charge is 2.16. The standard InChI is InChI=1S/C24H19FN6O4/c1-2-35-23(33)16-5-9-18(10-6-16)26-21(32)14-31-24(34)29-11-12-30-20(22(29)28-31)13-19(27-30)15-3-7-17(25)8-4-15/h3-13H,2,14H2,1H3,(H,26,32). The minimum atomic E-state index is -0.486. The molecule has 1 amide bonds. The van der Waals surface area contributed by atoms with E-state index in [2.05, 4.69) is 15.5 Å². The quantitative estimate of drug-likeness (QED) is 0.379. The van der Waals surface area contributed by atoms with Crippen LogP contribution in [0, 0.1) is 5.82 Å². The molecule has 5 aromatic rings. The monoisotopic (exact) mass is 474 g/mol. The molecule has 2 aromatic carbocycles. The number of esters is 1. The third kappa shape index (κ3) is 4.26. The van der Waals surface area contributed by atoms with Gasteiger partial charge in [-0.25, -0.2) is 27.6 Å². The summed E-state index contributed by atoms with van der Waals surface area (Å²) in [5.41, 5.74) is 2.52. The summed E-state index contributed by atoms with van der Waals surface area (Å²) >= 11 is 0. The second-order valence-electron chi connectivity index (χ2n) is 7.64. The number of amides is 1. The van der Waals surface area contributed by atoms with Gasteiger partial charge in [-0.05, 0) is 61.5 Å². The molecule has 0 aliphatic rings. The maximum Gasteiger partial charge on any atom is 0.350 e. The van der Waals surface area contributed by atoms with E-state index in [0.717, 1.165) is 4.68 Å². The van der Waals surface area contributed by atoms with Crippen LogP contribution in [0.1, 0.15) is 17.3 Å².